The van der Waals surface area contributed by atoms with Crippen molar-refractivity contribution in [2.24, 2.45) is 0 Å². The number of nitrogens with one attached hydrogen (secondary N) is 1. The van der Waals surface area contributed by atoms with Crippen molar-refractivity contribution in [1.82, 2.24) is 0 Å². The van der Waals surface area contributed by atoms with Crippen molar-refractivity contribution in [3.05, 3.63) is 80.8 Å². The number of benzene rings is 3. The van der Waals surface area contributed by atoms with Crippen molar-refractivity contribution in [1.29, 1.82) is 0 Å². The van der Waals surface area contributed by atoms with Crippen molar-refractivity contribution >= 4 is 33.2 Å². The minimum Gasteiger partial charge on any atom is -0.495 e. The Morgan fingerprint density at radius 1 is 0.966 bits per heavy atom. The molecule has 0 spiro atoms. The van der Waals surface area contributed by atoms with Gasteiger partial charge in [-0.2, -0.15) is 0 Å². The highest BCUT2D eigenvalue weighted by Gasteiger charge is 2.13. The summed E-state index contributed by atoms with van der Waals surface area (Å²) in [6.45, 7) is 3.16. The van der Waals surface area contributed by atoms with Crippen molar-refractivity contribution < 1.29 is 14.2 Å². The first kappa shape index (κ1) is 21.3. The molecule has 0 atom stereocenters. The zero-order chi connectivity index (χ0) is 20.8. The maximum absolute atomic E-state index is 6.19. The van der Waals surface area contributed by atoms with Gasteiger partial charge in [-0.05, 0) is 69.9 Å². The van der Waals surface area contributed by atoms with E-state index in [1.165, 1.54) is 5.56 Å². The van der Waals surface area contributed by atoms with Crippen LogP contribution in [0.4, 0.5) is 5.69 Å². The zero-order valence-corrected chi connectivity index (χ0v) is 18.9. The maximum Gasteiger partial charge on any atom is 0.175 e. The largest absolute Gasteiger partial charge is 0.495 e. The van der Waals surface area contributed by atoms with E-state index in [1.807, 2.05) is 42.5 Å². The third-order valence-corrected chi connectivity index (χ3v) is 5.46. The molecule has 0 unspecified atom stereocenters. The molecular formula is C23H23BrClNO3. The lowest BCUT2D eigenvalue weighted by Gasteiger charge is -2.16. The Kier molecular flexibility index (Phi) is 7.29. The topological polar surface area (TPSA) is 39.7 Å². The highest BCUT2D eigenvalue weighted by atomic mass is 79.9. The monoisotopic (exact) mass is 475 g/mol. The molecule has 0 bridgehead atoms. The molecule has 29 heavy (non-hydrogen) atoms. The molecule has 0 heterocycles. The fourth-order valence-electron chi connectivity index (χ4n) is 2.92. The number of methoxy groups -OCH3 is 2. The molecule has 0 amide bonds. The van der Waals surface area contributed by atoms with Crippen molar-refractivity contribution in [2.45, 2.75) is 20.1 Å². The van der Waals surface area contributed by atoms with Crippen LogP contribution >= 0.6 is 27.5 Å². The van der Waals surface area contributed by atoms with Crippen molar-refractivity contribution in [3.8, 4) is 17.2 Å². The molecule has 0 aromatic heterocycles. The van der Waals surface area contributed by atoms with Crippen LogP contribution in [0.2, 0.25) is 5.02 Å². The van der Waals surface area contributed by atoms with E-state index >= 15 is 0 Å². The number of hydrogen-bond donors (Lipinski definition) is 1. The van der Waals surface area contributed by atoms with Gasteiger partial charge in [0.2, 0.25) is 0 Å². The molecule has 3 aromatic rings. The Balaban J connectivity index is 1.72. The van der Waals surface area contributed by atoms with Gasteiger partial charge in [-0.1, -0.05) is 35.9 Å². The lowest BCUT2D eigenvalue weighted by molar-refractivity contribution is 0.282. The summed E-state index contributed by atoms with van der Waals surface area (Å²) in [5.41, 5.74) is 4.29. The molecule has 152 valence electrons. The second kappa shape index (κ2) is 9.90. The molecule has 0 radical (unpaired) electrons. The number of rotatable bonds is 8. The average molecular weight is 477 g/mol. The molecular weight excluding hydrogens is 454 g/mol. The van der Waals surface area contributed by atoms with Gasteiger partial charge in [-0.15, -0.1) is 0 Å². The van der Waals surface area contributed by atoms with Crippen LogP contribution in [0.25, 0.3) is 0 Å². The molecule has 3 rings (SSSR count). The van der Waals surface area contributed by atoms with Crippen LogP contribution in [0.5, 0.6) is 17.2 Å². The summed E-state index contributed by atoms with van der Waals surface area (Å²) in [6.07, 6.45) is 0. The smallest absolute Gasteiger partial charge is 0.175 e. The zero-order valence-electron chi connectivity index (χ0n) is 16.6. The average Bonchev–Trinajstić information content (AvgIpc) is 2.72. The van der Waals surface area contributed by atoms with E-state index < -0.39 is 0 Å². The van der Waals surface area contributed by atoms with Gasteiger partial charge in [0.15, 0.2) is 11.5 Å². The lowest BCUT2D eigenvalue weighted by atomic mass is 10.1. The van der Waals surface area contributed by atoms with E-state index in [4.69, 9.17) is 25.8 Å². The number of anilines is 1. The predicted octanol–water partition coefficient (Wildman–Crippen LogP) is 6.62. The first-order valence-electron chi connectivity index (χ1n) is 9.13. The number of hydrogen-bond acceptors (Lipinski definition) is 4. The predicted molar refractivity (Wildman–Crippen MR) is 122 cm³/mol. The Bertz CT molecular complexity index is 994. The SMILES string of the molecule is COc1ccc(NCc2cc(Br)c(OCc3ccccc3C)c(OC)c2)cc1Cl. The lowest BCUT2D eigenvalue weighted by Crippen LogP contribution is -2.03. The number of halogens is 2. The van der Waals surface area contributed by atoms with Crippen LogP contribution in [0, 0.1) is 6.92 Å². The standard InChI is InChI=1S/C23H23BrClNO3/c1-15-6-4-5-7-17(15)14-29-23-19(24)10-16(11-22(23)28-3)13-26-18-8-9-21(27-2)20(25)12-18/h4-12,26H,13-14H2,1-3H3. The van der Waals surface area contributed by atoms with Gasteiger partial charge in [0.25, 0.3) is 0 Å². The Morgan fingerprint density at radius 2 is 1.72 bits per heavy atom. The summed E-state index contributed by atoms with van der Waals surface area (Å²) >= 11 is 9.81. The summed E-state index contributed by atoms with van der Waals surface area (Å²) in [5.74, 6) is 2.02. The fraction of sp³-hybridized carbons (Fsp3) is 0.217. The molecule has 4 nitrogen and oxygen atoms in total. The minimum absolute atomic E-state index is 0.476. The van der Waals surface area contributed by atoms with Gasteiger partial charge in [-0.25, -0.2) is 0 Å². The summed E-state index contributed by atoms with van der Waals surface area (Å²) in [7, 11) is 3.24. The molecule has 0 saturated carbocycles. The van der Waals surface area contributed by atoms with Crippen LogP contribution in [0.15, 0.2) is 59.1 Å². The number of ether oxygens (including phenoxy) is 3. The summed E-state index contributed by atoms with van der Waals surface area (Å²) in [5, 5.41) is 3.93. The molecule has 0 aliphatic carbocycles. The third kappa shape index (κ3) is 5.37. The highest BCUT2D eigenvalue weighted by Crippen LogP contribution is 2.37. The second-order valence-electron chi connectivity index (χ2n) is 6.53. The van der Waals surface area contributed by atoms with Crippen LogP contribution in [0.3, 0.4) is 0 Å². The van der Waals surface area contributed by atoms with Crippen LogP contribution in [-0.4, -0.2) is 14.2 Å². The highest BCUT2D eigenvalue weighted by molar-refractivity contribution is 9.10. The van der Waals surface area contributed by atoms with E-state index in [-0.39, 0.29) is 0 Å². The number of aryl methyl sites for hydroxylation is 1. The van der Waals surface area contributed by atoms with E-state index in [2.05, 4.69) is 40.3 Å². The van der Waals surface area contributed by atoms with E-state index in [0.29, 0.717) is 35.4 Å². The normalized spacial score (nSPS) is 10.5. The quantitative estimate of drug-likeness (QED) is 0.396. The first-order valence-corrected chi connectivity index (χ1v) is 10.3. The summed E-state index contributed by atoms with van der Waals surface area (Å²) < 4.78 is 17.7. The summed E-state index contributed by atoms with van der Waals surface area (Å²) in [4.78, 5) is 0. The van der Waals surface area contributed by atoms with E-state index in [9.17, 15) is 0 Å². The van der Waals surface area contributed by atoms with Crippen molar-refractivity contribution in [3.63, 3.8) is 0 Å². The second-order valence-corrected chi connectivity index (χ2v) is 7.79. The van der Waals surface area contributed by atoms with Crippen LogP contribution in [-0.2, 0) is 13.2 Å². The fourth-order valence-corrected chi connectivity index (χ4v) is 3.78. The Labute approximate surface area is 184 Å². The molecule has 6 heteroatoms. The minimum atomic E-state index is 0.476. The Hall–Kier alpha value is -2.37. The molecule has 0 aliphatic rings. The van der Waals surface area contributed by atoms with Crippen LogP contribution < -0.4 is 19.5 Å². The van der Waals surface area contributed by atoms with Gasteiger partial charge in [-0.3, -0.25) is 0 Å². The Morgan fingerprint density at radius 3 is 2.41 bits per heavy atom. The van der Waals surface area contributed by atoms with Gasteiger partial charge in [0.1, 0.15) is 12.4 Å². The van der Waals surface area contributed by atoms with Crippen LogP contribution in [0.1, 0.15) is 16.7 Å². The van der Waals surface area contributed by atoms with Gasteiger partial charge < -0.3 is 19.5 Å². The maximum atomic E-state index is 6.19. The van der Waals surface area contributed by atoms with E-state index in [1.54, 1.807) is 14.2 Å². The molecule has 3 aromatic carbocycles. The van der Waals surface area contributed by atoms with Crippen molar-refractivity contribution in [2.75, 3.05) is 19.5 Å². The van der Waals surface area contributed by atoms with Gasteiger partial charge in [0.05, 0.1) is 23.7 Å². The van der Waals surface area contributed by atoms with Gasteiger partial charge in [0, 0.05) is 12.2 Å². The molecule has 0 fully saturated rings. The first-order chi connectivity index (χ1) is 14.0. The molecule has 1 N–H and O–H groups in total. The van der Waals surface area contributed by atoms with E-state index in [0.717, 1.165) is 21.3 Å². The molecule has 0 aliphatic heterocycles. The summed E-state index contributed by atoms with van der Waals surface area (Å²) in [6, 6.07) is 17.8. The van der Waals surface area contributed by atoms with Gasteiger partial charge >= 0.3 is 0 Å². The third-order valence-electron chi connectivity index (χ3n) is 4.57. The molecule has 0 saturated heterocycles.